The van der Waals surface area contributed by atoms with Crippen LogP contribution in [0, 0.1) is 6.92 Å². The molecule has 0 aliphatic carbocycles. The Hall–Kier alpha value is -3.62. The molecule has 0 saturated heterocycles. The Labute approximate surface area is 235 Å². The lowest BCUT2D eigenvalue weighted by Gasteiger charge is -2.27. The summed E-state index contributed by atoms with van der Waals surface area (Å²) in [6.45, 7) is 3.99. The Morgan fingerprint density at radius 2 is 1.69 bits per heavy atom. The van der Waals surface area contributed by atoms with E-state index < -0.39 is 0 Å². The molecule has 3 rings (SSSR count). The van der Waals surface area contributed by atoms with Crippen molar-refractivity contribution in [2.24, 2.45) is 0 Å². The topological polar surface area (TPSA) is 68.3 Å². The first-order valence-electron chi connectivity index (χ1n) is 13.0. The first-order valence-corrected chi connectivity index (χ1v) is 13.9. The lowest BCUT2D eigenvalue weighted by Crippen LogP contribution is -2.43. The van der Waals surface area contributed by atoms with Crippen LogP contribution in [0.3, 0.4) is 0 Å². The molecule has 0 saturated carbocycles. The zero-order valence-corrected chi connectivity index (χ0v) is 24.0. The Morgan fingerprint density at radius 3 is 2.36 bits per heavy atom. The minimum atomic E-state index is -0.199. The molecule has 7 nitrogen and oxygen atoms in total. The van der Waals surface area contributed by atoms with Gasteiger partial charge in [-0.2, -0.15) is 0 Å². The second kappa shape index (κ2) is 15.7. The first kappa shape index (κ1) is 29.9. The maximum Gasteiger partial charge on any atom is 0.247 e. The quantitative estimate of drug-likeness (QED) is 0.192. The van der Waals surface area contributed by atoms with E-state index in [-0.39, 0.29) is 18.4 Å². The molecule has 0 N–H and O–H groups in total. The molecule has 1 heterocycles. The standard InChI is InChI=1S/C31H38N2O5S/c1-24-16-20-39-29(24)22-33(18-15-26-11-13-27(37-3)28(21-26)38-4)31(35)23-32(17-8-19-36-2)30(34)14-12-25-9-6-5-7-10-25/h5-7,9-14,16,20-21H,8,15,17-19,22-23H2,1-4H3. The van der Waals surface area contributed by atoms with E-state index in [0.717, 1.165) is 21.6 Å². The summed E-state index contributed by atoms with van der Waals surface area (Å²) in [6.07, 6.45) is 4.60. The number of amides is 2. The van der Waals surface area contributed by atoms with Gasteiger partial charge >= 0.3 is 0 Å². The summed E-state index contributed by atoms with van der Waals surface area (Å²) in [5.74, 6) is 1.02. The normalized spacial score (nSPS) is 11.0. The van der Waals surface area contributed by atoms with Crippen LogP contribution in [0.15, 0.2) is 66.1 Å². The van der Waals surface area contributed by atoms with Crippen LogP contribution in [0.5, 0.6) is 11.5 Å². The SMILES string of the molecule is COCCCN(CC(=O)N(CCc1ccc(OC)c(OC)c1)Cc1sccc1C)C(=O)C=Cc1ccccc1. The molecule has 2 aromatic carbocycles. The number of thiophene rings is 1. The number of methoxy groups -OCH3 is 3. The van der Waals surface area contributed by atoms with Crippen LogP contribution in [-0.4, -0.2) is 69.2 Å². The highest BCUT2D eigenvalue weighted by molar-refractivity contribution is 7.10. The maximum atomic E-state index is 13.7. The first-order chi connectivity index (χ1) is 18.9. The van der Waals surface area contributed by atoms with Crippen molar-refractivity contribution >= 4 is 29.2 Å². The molecular formula is C31H38N2O5S. The number of aryl methyl sites for hydroxylation is 1. The van der Waals surface area contributed by atoms with Crippen LogP contribution >= 0.6 is 11.3 Å². The van der Waals surface area contributed by atoms with Gasteiger partial charge in [-0.15, -0.1) is 11.3 Å². The third-order valence-electron chi connectivity index (χ3n) is 6.41. The van der Waals surface area contributed by atoms with Gasteiger partial charge in [0.1, 0.15) is 6.54 Å². The summed E-state index contributed by atoms with van der Waals surface area (Å²) < 4.78 is 16.0. The number of hydrogen-bond acceptors (Lipinski definition) is 6. The second-order valence-electron chi connectivity index (χ2n) is 9.13. The van der Waals surface area contributed by atoms with Gasteiger partial charge in [0.05, 0.1) is 20.8 Å². The van der Waals surface area contributed by atoms with E-state index in [9.17, 15) is 9.59 Å². The smallest absolute Gasteiger partial charge is 0.247 e. The van der Waals surface area contributed by atoms with Gasteiger partial charge in [-0.25, -0.2) is 0 Å². The summed E-state index contributed by atoms with van der Waals surface area (Å²) in [4.78, 5) is 31.4. The van der Waals surface area contributed by atoms with E-state index in [0.29, 0.717) is 50.6 Å². The monoisotopic (exact) mass is 550 g/mol. The largest absolute Gasteiger partial charge is 0.493 e. The molecule has 208 valence electrons. The van der Waals surface area contributed by atoms with E-state index in [4.69, 9.17) is 14.2 Å². The minimum Gasteiger partial charge on any atom is -0.493 e. The molecule has 3 aromatic rings. The summed E-state index contributed by atoms with van der Waals surface area (Å²) in [5, 5.41) is 2.04. The van der Waals surface area contributed by atoms with Gasteiger partial charge in [0, 0.05) is 37.8 Å². The summed E-state index contributed by atoms with van der Waals surface area (Å²) in [6, 6.07) is 17.5. The fourth-order valence-electron chi connectivity index (χ4n) is 4.10. The number of hydrogen-bond donors (Lipinski definition) is 0. The van der Waals surface area contributed by atoms with Crippen LogP contribution < -0.4 is 9.47 Å². The molecule has 0 atom stereocenters. The fraction of sp³-hybridized carbons (Fsp3) is 0.355. The van der Waals surface area contributed by atoms with E-state index in [1.807, 2.05) is 58.8 Å². The van der Waals surface area contributed by atoms with Gasteiger partial charge in [0.25, 0.3) is 0 Å². The number of carbonyl (C=O) groups excluding carboxylic acids is 2. The highest BCUT2D eigenvalue weighted by Crippen LogP contribution is 2.28. The molecule has 0 fully saturated rings. The third kappa shape index (κ3) is 9.26. The second-order valence-corrected chi connectivity index (χ2v) is 10.1. The maximum absolute atomic E-state index is 13.7. The van der Waals surface area contributed by atoms with Crippen molar-refractivity contribution in [2.75, 3.05) is 47.6 Å². The Kier molecular flexibility index (Phi) is 12.1. The molecular weight excluding hydrogens is 512 g/mol. The highest BCUT2D eigenvalue weighted by atomic mass is 32.1. The summed E-state index contributed by atoms with van der Waals surface area (Å²) in [5.41, 5.74) is 3.12. The van der Waals surface area contributed by atoms with Crippen molar-refractivity contribution in [2.45, 2.75) is 26.3 Å². The van der Waals surface area contributed by atoms with Crippen molar-refractivity contribution < 1.29 is 23.8 Å². The van der Waals surface area contributed by atoms with Crippen LogP contribution in [0.1, 0.15) is 28.0 Å². The van der Waals surface area contributed by atoms with Gasteiger partial charge < -0.3 is 24.0 Å². The van der Waals surface area contributed by atoms with E-state index in [1.54, 1.807) is 43.6 Å². The molecule has 0 spiro atoms. The van der Waals surface area contributed by atoms with Crippen molar-refractivity contribution in [3.63, 3.8) is 0 Å². The average Bonchev–Trinajstić information content (AvgIpc) is 3.37. The van der Waals surface area contributed by atoms with E-state index in [2.05, 4.69) is 13.0 Å². The molecule has 0 unspecified atom stereocenters. The number of carbonyl (C=O) groups is 2. The van der Waals surface area contributed by atoms with Gasteiger partial charge in [-0.3, -0.25) is 9.59 Å². The molecule has 0 bridgehead atoms. The number of benzene rings is 2. The number of rotatable bonds is 15. The lowest BCUT2D eigenvalue weighted by molar-refractivity contribution is -0.138. The minimum absolute atomic E-state index is 0.00195. The van der Waals surface area contributed by atoms with Crippen molar-refractivity contribution in [3.05, 3.63) is 87.6 Å². The zero-order valence-electron chi connectivity index (χ0n) is 23.2. The van der Waals surface area contributed by atoms with Gasteiger partial charge in [-0.05, 0) is 66.1 Å². The molecule has 0 aliphatic heterocycles. The van der Waals surface area contributed by atoms with Crippen LogP contribution in [0.2, 0.25) is 0 Å². The van der Waals surface area contributed by atoms with Crippen LogP contribution in [-0.2, 0) is 27.3 Å². The molecule has 2 amide bonds. The molecule has 1 aromatic heterocycles. The summed E-state index contributed by atoms with van der Waals surface area (Å²) in [7, 11) is 4.85. The van der Waals surface area contributed by atoms with E-state index >= 15 is 0 Å². The van der Waals surface area contributed by atoms with Crippen molar-refractivity contribution in [1.82, 2.24) is 9.80 Å². The van der Waals surface area contributed by atoms with Gasteiger partial charge in [0.2, 0.25) is 11.8 Å². The van der Waals surface area contributed by atoms with Crippen LogP contribution in [0.25, 0.3) is 6.08 Å². The third-order valence-corrected chi connectivity index (χ3v) is 7.41. The van der Waals surface area contributed by atoms with E-state index in [1.165, 1.54) is 6.08 Å². The number of nitrogens with zero attached hydrogens (tertiary/aromatic N) is 2. The Morgan fingerprint density at radius 1 is 0.923 bits per heavy atom. The van der Waals surface area contributed by atoms with Crippen molar-refractivity contribution in [3.8, 4) is 11.5 Å². The predicted octanol–water partition coefficient (Wildman–Crippen LogP) is 5.22. The van der Waals surface area contributed by atoms with Crippen LogP contribution in [0.4, 0.5) is 0 Å². The number of ether oxygens (including phenoxy) is 3. The molecule has 0 radical (unpaired) electrons. The fourth-order valence-corrected chi connectivity index (χ4v) is 5.02. The average molecular weight is 551 g/mol. The highest BCUT2D eigenvalue weighted by Gasteiger charge is 2.21. The lowest BCUT2D eigenvalue weighted by atomic mass is 10.1. The van der Waals surface area contributed by atoms with Gasteiger partial charge in [0.15, 0.2) is 11.5 Å². The Bertz CT molecular complexity index is 1220. The van der Waals surface area contributed by atoms with Crippen molar-refractivity contribution in [1.29, 1.82) is 0 Å². The Balaban J connectivity index is 1.76. The predicted molar refractivity (Wildman–Crippen MR) is 156 cm³/mol. The van der Waals surface area contributed by atoms with Gasteiger partial charge in [-0.1, -0.05) is 36.4 Å². The zero-order chi connectivity index (χ0) is 28.0. The summed E-state index contributed by atoms with van der Waals surface area (Å²) >= 11 is 1.64. The molecule has 0 aliphatic rings. The molecule has 39 heavy (non-hydrogen) atoms. The molecule has 8 heteroatoms.